The van der Waals surface area contributed by atoms with E-state index in [2.05, 4.69) is 17.9 Å². The maximum Gasteiger partial charge on any atom is 0.321 e. The number of hydrogen-bond acceptors (Lipinski definition) is 3. The first-order valence-electron chi connectivity index (χ1n) is 2.85. The minimum atomic E-state index is -0.889. The van der Waals surface area contributed by atoms with Crippen molar-refractivity contribution in [2.24, 2.45) is 0 Å². The summed E-state index contributed by atoms with van der Waals surface area (Å²) in [7, 11) is 0. The summed E-state index contributed by atoms with van der Waals surface area (Å²) in [6, 6.07) is -0.581. The van der Waals surface area contributed by atoms with E-state index in [0.29, 0.717) is 12.4 Å². The van der Waals surface area contributed by atoms with E-state index < -0.39 is 12.0 Å². The summed E-state index contributed by atoms with van der Waals surface area (Å²) >= 11 is 9.17. The van der Waals surface area contributed by atoms with Crippen LogP contribution >= 0.6 is 24.2 Å². The first kappa shape index (κ1) is 10.1. The highest BCUT2D eigenvalue weighted by Gasteiger charge is 2.12. The molecule has 0 aliphatic rings. The van der Waals surface area contributed by atoms with Crippen LogP contribution in [0.3, 0.4) is 0 Å². The van der Waals surface area contributed by atoms with E-state index in [9.17, 15) is 4.79 Å². The van der Waals surface area contributed by atoms with Crippen LogP contribution in [0.5, 0.6) is 0 Å². The predicted molar refractivity (Wildman–Crippen MR) is 44.0 cm³/mol. The molecule has 60 valence electrons. The molecule has 0 bridgehead atoms. The molecule has 0 heterocycles. The van der Waals surface area contributed by atoms with Gasteiger partial charge in [0.05, 0.1) is 0 Å². The molecule has 5 heteroatoms. The largest absolute Gasteiger partial charge is 0.480 e. The Morgan fingerprint density at radius 2 is 2.40 bits per heavy atom. The second-order valence-corrected chi connectivity index (χ2v) is 2.46. The number of hydrogen-bond donors (Lipinski definition) is 3. The Bertz CT molecular complexity index is 112. The van der Waals surface area contributed by atoms with Crippen LogP contribution in [0.15, 0.2) is 0 Å². The zero-order valence-corrected chi connectivity index (χ0v) is 7.03. The Balaban J connectivity index is 3.50. The lowest BCUT2D eigenvalue weighted by Crippen LogP contribution is -2.39. The van der Waals surface area contributed by atoms with Gasteiger partial charge in [-0.25, -0.2) is 0 Å². The summed E-state index contributed by atoms with van der Waals surface area (Å²) < 4.78 is 0. The summed E-state index contributed by atoms with van der Waals surface area (Å²) in [5.41, 5.74) is 0. The van der Waals surface area contributed by atoms with Gasteiger partial charge in [0.1, 0.15) is 6.04 Å². The van der Waals surface area contributed by atoms with Crippen molar-refractivity contribution in [3.63, 3.8) is 0 Å². The lowest BCUT2D eigenvalue weighted by atomic mass is 10.3. The number of carboxylic acid groups (broad SMARTS) is 1. The summed E-state index contributed by atoms with van der Waals surface area (Å²) in [6.07, 6.45) is 0. The van der Waals surface area contributed by atoms with Crippen LogP contribution in [0.4, 0.5) is 0 Å². The van der Waals surface area contributed by atoms with Crippen LogP contribution in [-0.4, -0.2) is 35.3 Å². The second kappa shape index (κ2) is 5.82. The molecule has 0 saturated carbocycles. The highest BCUT2D eigenvalue weighted by Crippen LogP contribution is 1.87. The SMILES string of the molecule is O=C(O)[C@H](CS)NCCCl. The molecule has 1 atom stereocenters. The first-order chi connectivity index (χ1) is 4.72. The third-order valence-electron chi connectivity index (χ3n) is 0.966. The molecular formula is C5H10ClNO2S. The summed E-state index contributed by atoms with van der Waals surface area (Å²) in [6.45, 7) is 0.499. The molecule has 0 unspecified atom stereocenters. The number of aliphatic carboxylic acids is 1. The average Bonchev–Trinajstić information content (AvgIpc) is 1.89. The van der Waals surface area contributed by atoms with Crippen molar-refractivity contribution in [1.82, 2.24) is 5.32 Å². The Morgan fingerprint density at radius 3 is 2.70 bits per heavy atom. The summed E-state index contributed by atoms with van der Waals surface area (Å²) in [5, 5.41) is 11.2. The normalized spacial score (nSPS) is 13.0. The molecule has 3 nitrogen and oxygen atoms in total. The zero-order chi connectivity index (χ0) is 7.98. The van der Waals surface area contributed by atoms with Crippen molar-refractivity contribution in [2.45, 2.75) is 6.04 Å². The van der Waals surface area contributed by atoms with E-state index in [1.54, 1.807) is 0 Å². The second-order valence-electron chi connectivity index (χ2n) is 1.72. The first-order valence-corrected chi connectivity index (χ1v) is 4.02. The molecule has 0 aliphatic carbocycles. The maximum atomic E-state index is 10.3. The van der Waals surface area contributed by atoms with E-state index in [-0.39, 0.29) is 5.75 Å². The Kier molecular flexibility index (Phi) is 5.87. The number of carboxylic acids is 1. The van der Waals surface area contributed by atoms with Crippen LogP contribution < -0.4 is 5.32 Å². The van der Waals surface area contributed by atoms with E-state index in [4.69, 9.17) is 16.7 Å². The van der Waals surface area contributed by atoms with Gasteiger partial charge in [0.2, 0.25) is 0 Å². The number of rotatable bonds is 5. The van der Waals surface area contributed by atoms with Gasteiger partial charge >= 0.3 is 5.97 Å². The number of nitrogens with one attached hydrogen (secondary N) is 1. The predicted octanol–water partition coefficient (Wildman–Crippen LogP) is 0.198. The molecule has 0 spiro atoms. The van der Waals surface area contributed by atoms with Crippen molar-refractivity contribution in [3.8, 4) is 0 Å². The molecule has 0 aromatic heterocycles. The molecule has 0 fully saturated rings. The zero-order valence-electron chi connectivity index (χ0n) is 5.38. The van der Waals surface area contributed by atoms with Gasteiger partial charge in [0, 0.05) is 18.2 Å². The van der Waals surface area contributed by atoms with Gasteiger partial charge in [-0.05, 0) is 0 Å². The van der Waals surface area contributed by atoms with Crippen LogP contribution in [0.2, 0.25) is 0 Å². The standard InChI is InChI=1S/C5H10ClNO2S/c6-1-2-7-4(3-10)5(8)9/h4,7,10H,1-3H2,(H,8,9)/t4-/m0/s1. The molecule has 2 N–H and O–H groups in total. The van der Waals surface area contributed by atoms with Crippen LogP contribution in [-0.2, 0) is 4.79 Å². The third-order valence-corrected chi connectivity index (χ3v) is 1.52. The lowest BCUT2D eigenvalue weighted by Gasteiger charge is -2.08. The third kappa shape index (κ3) is 3.98. The van der Waals surface area contributed by atoms with Gasteiger partial charge in [-0.2, -0.15) is 12.6 Å². The molecule has 0 saturated heterocycles. The Labute approximate surface area is 70.2 Å². The molecule has 0 aromatic rings. The fraction of sp³-hybridized carbons (Fsp3) is 0.800. The topological polar surface area (TPSA) is 49.3 Å². The summed E-state index contributed by atoms with van der Waals surface area (Å²) in [4.78, 5) is 10.3. The molecule has 0 aromatic carbocycles. The highest BCUT2D eigenvalue weighted by molar-refractivity contribution is 7.80. The number of halogens is 1. The van der Waals surface area contributed by atoms with Crippen LogP contribution in [0.25, 0.3) is 0 Å². The van der Waals surface area contributed by atoms with Crippen LogP contribution in [0.1, 0.15) is 0 Å². The van der Waals surface area contributed by atoms with E-state index in [1.165, 1.54) is 0 Å². The fourth-order valence-electron chi connectivity index (χ4n) is 0.459. The van der Waals surface area contributed by atoms with Gasteiger partial charge in [0.25, 0.3) is 0 Å². The fourth-order valence-corrected chi connectivity index (χ4v) is 0.853. The van der Waals surface area contributed by atoms with Crippen molar-refractivity contribution in [1.29, 1.82) is 0 Å². The quantitative estimate of drug-likeness (QED) is 0.422. The van der Waals surface area contributed by atoms with Crippen LogP contribution in [0, 0.1) is 0 Å². The van der Waals surface area contributed by atoms with E-state index in [1.807, 2.05) is 0 Å². The monoisotopic (exact) mass is 183 g/mol. The Hall–Kier alpha value is 0.0700. The van der Waals surface area contributed by atoms with Gasteiger partial charge in [-0.1, -0.05) is 0 Å². The highest BCUT2D eigenvalue weighted by atomic mass is 35.5. The number of alkyl halides is 1. The minimum absolute atomic E-state index is 0.284. The average molecular weight is 184 g/mol. The number of carbonyl (C=O) groups is 1. The van der Waals surface area contributed by atoms with E-state index in [0.717, 1.165) is 0 Å². The Morgan fingerprint density at radius 1 is 1.80 bits per heavy atom. The van der Waals surface area contributed by atoms with Gasteiger partial charge in [0.15, 0.2) is 0 Å². The van der Waals surface area contributed by atoms with E-state index >= 15 is 0 Å². The van der Waals surface area contributed by atoms with Crippen molar-refractivity contribution >= 4 is 30.2 Å². The van der Waals surface area contributed by atoms with Crippen molar-refractivity contribution < 1.29 is 9.90 Å². The van der Waals surface area contributed by atoms with Gasteiger partial charge in [-0.3, -0.25) is 4.79 Å². The van der Waals surface area contributed by atoms with Gasteiger partial charge in [-0.15, -0.1) is 11.6 Å². The smallest absolute Gasteiger partial charge is 0.321 e. The molecule has 0 amide bonds. The molecule has 10 heavy (non-hydrogen) atoms. The lowest BCUT2D eigenvalue weighted by molar-refractivity contribution is -0.138. The van der Waals surface area contributed by atoms with Crippen molar-refractivity contribution in [2.75, 3.05) is 18.2 Å². The van der Waals surface area contributed by atoms with Gasteiger partial charge < -0.3 is 10.4 Å². The molecule has 0 aliphatic heterocycles. The number of thiol groups is 1. The molecular weight excluding hydrogens is 174 g/mol. The minimum Gasteiger partial charge on any atom is -0.480 e. The molecule has 0 rings (SSSR count). The molecule has 0 radical (unpaired) electrons. The van der Waals surface area contributed by atoms with Crippen molar-refractivity contribution in [3.05, 3.63) is 0 Å². The maximum absolute atomic E-state index is 10.3. The summed E-state index contributed by atoms with van der Waals surface area (Å²) in [5.74, 6) is -0.191.